The molecule has 1 N–H and O–H groups in total. The van der Waals surface area contributed by atoms with Crippen LogP contribution in [-0.2, 0) is 9.47 Å². The van der Waals surface area contributed by atoms with Crippen molar-refractivity contribution in [3.63, 3.8) is 0 Å². The molecule has 3 fully saturated rings. The third-order valence-electron chi connectivity index (χ3n) is 5.49. The van der Waals surface area contributed by atoms with Crippen molar-refractivity contribution in [3.05, 3.63) is 0 Å². The van der Waals surface area contributed by atoms with Crippen LogP contribution in [0.3, 0.4) is 0 Å². The van der Waals surface area contributed by atoms with Gasteiger partial charge in [0.25, 0.3) is 0 Å². The molecule has 0 atom stereocenters. The lowest BCUT2D eigenvalue weighted by Crippen LogP contribution is -2.47. The van der Waals surface area contributed by atoms with E-state index >= 15 is 0 Å². The maximum Gasteiger partial charge on any atom is 0.168 e. The van der Waals surface area contributed by atoms with Crippen LogP contribution in [0.1, 0.15) is 58.3 Å². The lowest BCUT2D eigenvalue weighted by Gasteiger charge is -2.43. The maximum atomic E-state index is 5.78. The van der Waals surface area contributed by atoms with E-state index < -0.39 is 0 Å². The van der Waals surface area contributed by atoms with E-state index in [9.17, 15) is 0 Å². The average molecular weight is 253 g/mol. The zero-order valence-electron chi connectivity index (χ0n) is 11.7. The van der Waals surface area contributed by atoms with Gasteiger partial charge in [-0.2, -0.15) is 0 Å². The van der Waals surface area contributed by atoms with Crippen molar-refractivity contribution in [2.45, 2.75) is 70.1 Å². The second kappa shape index (κ2) is 5.10. The van der Waals surface area contributed by atoms with E-state index in [0.29, 0.717) is 11.5 Å². The second-order valence-corrected chi connectivity index (χ2v) is 6.47. The summed E-state index contributed by atoms with van der Waals surface area (Å²) in [6.07, 6.45) is 10.2. The Hall–Kier alpha value is -0.120. The molecule has 0 unspecified atom stereocenters. The van der Waals surface area contributed by atoms with Crippen molar-refractivity contribution in [1.82, 2.24) is 5.32 Å². The summed E-state index contributed by atoms with van der Waals surface area (Å²) in [6, 6.07) is 0.687. The quantitative estimate of drug-likeness (QED) is 0.835. The van der Waals surface area contributed by atoms with Crippen LogP contribution < -0.4 is 5.32 Å². The molecule has 3 rings (SSSR count). The molecule has 104 valence electrons. The van der Waals surface area contributed by atoms with E-state index in [1.54, 1.807) is 0 Å². The van der Waals surface area contributed by atoms with E-state index in [2.05, 4.69) is 12.2 Å². The Morgan fingerprint density at radius 1 is 1.06 bits per heavy atom. The topological polar surface area (TPSA) is 30.5 Å². The fourth-order valence-electron chi connectivity index (χ4n) is 3.74. The number of rotatable bonds is 4. The van der Waals surface area contributed by atoms with Gasteiger partial charge in [0.2, 0.25) is 0 Å². The van der Waals surface area contributed by atoms with Gasteiger partial charge in [-0.05, 0) is 37.5 Å². The fraction of sp³-hybridized carbons (Fsp3) is 1.00. The van der Waals surface area contributed by atoms with Crippen LogP contribution >= 0.6 is 0 Å². The molecule has 1 spiro atoms. The highest BCUT2D eigenvalue weighted by molar-refractivity contribution is 4.91. The van der Waals surface area contributed by atoms with E-state index in [1.807, 2.05) is 0 Å². The standard InChI is InChI=1S/C15H27NO2/c1-2-14(6-3-7-14)12-16-13-4-8-15(9-5-13)17-10-11-18-15/h13,16H,2-12H2,1H3. The molecule has 18 heavy (non-hydrogen) atoms. The molecular formula is C15H27NO2. The molecule has 3 nitrogen and oxygen atoms in total. The summed E-state index contributed by atoms with van der Waals surface area (Å²) in [7, 11) is 0. The van der Waals surface area contributed by atoms with Gasteiger partial charge in [-0.15, -0.1) is 0 Å². The Labute approximate surface area is 111 Å². The predicted octanol–water partition coefficient (Wildman–Crippen LogP) is 2.84. The van der Waals surface area contributed by atoms with Gasteiger partial charge >= 0.3 is 0 Å². The molecule has 0 aromatic rings. The Bertz CT molecular complexity index is 267. The highest BCUT2D eigenvalue weighted by Crippen LogP contribution is 2.43. The molecule has 1 saturated heterocycles. The van der Waals surface area contributed by atoms with Crippen LogP contribution in [-0.4, -0.2) is 31.6 Å². The first-order chi connectivity index (χ1) is 8.76. The smallest absolute Gasteiger partial charge is 0.168 e. The molecular weight excluding hydrogens is 226 g/mol. The average Bonchev–Trinajstić information content (AvgIpc) is 2.80. The number of nitrogens with one attached hydrogen (secondary N) is 1. The Morgan fingerprint density at radius 2 is 1.72 bits per heavy atom. The minimum atomic E-state index is -0.197. The van der Waals surface area contributed by atoms with Crippen molar-refractivity contribution in [2.24, 2.45) is 5.41 Å². The van der Waals surface area contributed by atoms with Crippen molar-refractivity contribution in [2.75, 3.05) is 19.8 Å². The van der Waals surface area contributed by atoms with Gasteiger partial charge in [-0.3, -0.25) is 0 Å². The van der Waals surface area contributed by atoms with Gasteiger partial charge < -0.3 is 14.8 Å². The first kappa shape index (κ1) is 12.9. The Morgan fingerprint density at radius 3 is 2.22 bits per heavy atom. The lowest BCUT2D eigenvalue weighted by molar-refractivity contribution is -0.179. The summed E-state index contributed by atoms with van der Waals surface area (Å²) in [4.78, 5) is 0. The predicted molar refractivity (Wildman–Crippen MR) is 71.5 cm³/mol. The molecule has 2 aliphatic carbocycles. The lowest BCUT2D eigenvalue weighted by atomic mass is 9.67. The summed E-state index contributed by atoms with van der Waals surface area (Å²) in [5.74, 6) is -0.197. The largest absolute Gasteiger partial charge is 0.348 e. The van der Waals surface area contributed by atoms with Crippen molar-refractivity contribution in [1.29, 1.82) is 0 Å². The minimum Gasteiger partial charge on any atom is -0.348 e. The Kier molecular flexibility index (Phi) is 3.65. The van der Waals surface area contributed by atoms with Crippen molar-refractivity contribution in [3.8, 4) is 0 Å². The third kappa shape index (κ3) is 2.45. The summed E-state index contributed by atoms with van der Waals surface area (Å²) in [6.45, 7) is 5.15. The molecule has 0 bridgehead atoms. The normalized spacial score (nSPS) is 30.5. The molecule has 1 aliphatic heterocycles. The molecule has 0 amide bonds. The summed E-state index contributed by atoms with van der Waals surface area (Å²) in [5.41, 5.74) is 0.634. The van der Waals surface area contributed by atoms with Gasteiger partial charge in [-0.1, -0.05) is 13.3 Å². The molecule has 1 heterocycles. The minimum absolute atomic E-state index is 0.197. The highest BCUT2D eigenvalue weighted by Gasteiger charge is 2.41. The summed E-state index contributed by atoms with van der Waals surface area (Å²) >= 11 is 0. The van der Waals surface area contributed by atoms with E-state index in [1.165, 1.54) is 45.1 Å². The van der Waals surface area contributed by atoms with Crippen LogP contribution in [0.5, 0.6) is 0 Å². The molecule has 3 heteroatoms. The molecule has 0 radical (unpaired) electrons. The van der Waals surface area contributed by atoms with Gasteiger partial charge in [-0.25, -0.2) is 0 Å². The van der Waals surface area contributed by atoms with E-state index in [4.69, 9.17) is 9.47 Å². The maximum absolute atomic E-state index is 5.78. The van der Waals surface area contributed by atoms with Crippen molar-refractivity contribution < 1.29 is 9.47 Å². The van der Waals surface area contributed by atoms with Crippen LogP contribution in [0.4, 0.5) is 0 Å². The van der Waals surface area contributed by atoms with E-state index in [0.717, 1.165) is 26.1 Å². The monoisotopic (exact) mass is 253 g/mol. The van der Waals surface area contributed by atoms with Crippen LogP contribution in [0.2, 0.25) is 0 Å². The molecule has 0 aromatic heterocycles. The first-order valence-electron chi connectivity index (χ1n) is 7.77. The zero-order chi connectivity index (χ0) is 12.5. The third-order valence-corrected chi connectivity index (χ3v) is 5.49. The first-order valence-corrected chi connectivity index (χ1v) is 7.77. The number of hydrogen-bond donors (Lipinski definition) is 1. The fourth-order valence-corrected chi connectivity index (χ4v) is 3.74. The summed E-state index contributed by atoms with van der Waals surface area (Å²) < 4.78 is 11.6. The van der Waals surface area contributed by atoms with Crippen LogP contribution in [0.25, 0.3) is 0 Å². The van der Waals surface area contributed by atoms with Gasteiger partial charge in [0.05, 0.1) is 13.2 Å². The van der Waals surface area contributed by atoms with Crippen LogP contribution in [0, 0.1) is 5.41 Å². The Balaban J connectivity index is 1.43. The van der Waals surface area contributed by atoms with Crippen molar-refractivity contribution >= 4 is 0 Å². The van der Waals surface area contributed by atoms with Crippen LogP contribution in [0.15, 0.2) is 0 Å². The van der Waals surface area contributed by atoms with Gasteiger partial charge in [0.1, 0.15) is 0 Å². The number of ether oxygens (including phenoxy) is 2. The zero-order valence-corrected chi connectivity index (χ0v) is 11.7. The van der Waals surface area contributed by atoms with E-state index in [-0.39, 0.29) is 5.79 Å². The molecule has 2 saturated carbocycles. The molecule has 0 aromatic carbocycles. The number of hydrogen-bond acceptors (Lipinski definition) is 3. The van der Waals surface area contributed by atoms with Gasteiger partial charge in [0.15, 0.2) is 5.79 Å². The highest BCUT2D eigenvalue weighted by atomic mass is 16.7. The molecule has 3 aliphatic rings. The SMILES string of the molecule is CCC1(CNC2CCC3(CC2)OCCO3)CCC1. The summed E-state index contributed by atoms with van der Waals surface area (Å²) in [5, 5.41) is 3.81. The second-order valence-electron chi connectivity index (χ2n) is 6.47. The van der Waals surface area contributed by atoms with Gasteiger partial charge in [0, 0.05) is 25.4 Å².